The summed E-state index contributed by atoms with van der Waals surface area (Å²) in [5, 5.41) is 1.91. The fourth-order valence-electron chi connectivity index (χ4n) is 4.13. The Morgan fingerprint density at radius 2 is 1.78 bits per heavy atom. The zero-order valence-corrected chi connectivity index (χ0v) is 13.7. The van der Waals surface area contributed by atoms with Crippen molar-refractivity contribution in [3.05, 3.63) is 53.0 Å². The summed E-state index contributed by atoms with van der Waals surface area (Å²) in [6.45, 7) is 0. The van der Waals surface area contributed by atoms with Crippen LogP contribution in [0.15, 0.2) is 53.0 Å². The number of amides is 3. The molecule has 0 N–H and O–H groups in total. The maximum absolute atomic E-state index is 12.9. The minimum absolute atomic E-state index is 0.0770. The van der Waals surface area contributed by atoms with Crippen molar-refractivity contribution in [2.45, 2.75) is 18.5 Å². The Bertz CT molecular complexity index is 877. The van der Waals surface area contributed by atoms with E-state index in [1.165, 1.54) is 4.90 Å². The van der Waals surface area contributed by atoms with Gasteiger partial charge in [0.15, 0.2) is 0 Å². The predicted molar refractivity (Wildman–Crippen MR) is 91.2 cm³/mol. The van der Waals surface area contributed by atoms with Crippen molar-refractivity contribution in [2.24, 2.45) is 5.92 Å². The average molecular weight is 369 g/mol. The van der Waals surface area contributed by atoms with Crippen molar-refractivity contribution in [1.29, 1.82) is 0 Å². The van der Waals surface area contributed by atoms with Crippen molar-refractivity contribution < 1.29 is 9.59 Å². The summed E-state index contributed by atoms with van der Waals surface area (Å²) in [4.78, 5) is 29.0. The molecule has 0 unspecified atom stereocenters. The van der Waals surface area contributed by atoms with E-state index in [1.54, 1.807) is 4.90 Å². The van der Waals surface area contributed by atoms with Crippen LogP contribution >= 0.6 is 15.9 Å². The number of carbonyl (C=O) groups is 2. The van der Waals surface area contributed by atoms with E-state index in [4.69, 9.17) is 0 Å². The number of anilines is 1. The molecule has 2 fully saturated rings. The lowest BCUT2D eigenvalue weighted by Gasteiger charge is -2.22. The van der Waals surface area contributed by atoms with Crippen LogP contribution in [0.3, 0.4) is 0 Å². The van der Waals surface area contributed by atoms with Gasteiger partial charge in [-0.25, -0.2) is 9.69 Å². The number of carbonyl (C=O) groups excluding carboxylic acids is 2. The lowest BCUT2D eigenvalue weighted by atomic mass is 10.0. The smallest absolute Gasteiger partial charge is 0.305 e. The molecule has 1 aliphatic carbocycles. The summed E-state index contributed by atoms with van der Waals surface area (Å²) in [5.74, 6) is 0.0717. The van der Waals surface area contributed by atoms with E-state index in [0.29, 0.717) is 5.69 Å². The van der Waals surface area contributed by atoms with Crippen molar-refractivity contribution in [3.63, 3.8) is 0 Å². The van der Waals surface area contributed by atoms with Gasteiger partial charge in [-0.15, -0.1) is 0 Å². The van der Waals surface area contributed by atoms with Crippen LogP contribution in [0, 0.1) is 5.92 Å². The van der Waals surface area contributed by atoms with Gasteiger partial charge in [0, 0.05) is 15.8 Å². The summed E-state index contributed by atoms with van der Waals surface area (Å²) in [7, 11) is 0. The first kappa shape index (κ1) is 13.3. The minimum Gasteiger partial charge on any atom is -0.305 e. The molecule has 3 amide bonds. The zero-order chi connectivity index (χ0) is 15.7. The Morgan fingerprint density at radius 1 is 1.00 bits per heavy atom. The standard InChI is InChI=1S/C18H13BrN2O2/c19-14-7-8-15(13-4-2-1-3-12(13)14)21-17(22)16-10-5-6-11(9-10)20(16)18(21)23/h1-8,10-11,16H,9H2/t10-,11+,16+/m1/s1. The average Bonchev–Trinajstić information content (AvgIpc) is 3.24. The highest BCUT2D eigenvalue weighted by Crippen LogP contribution is 2.44. The number of urea groups is 1. The van der Waals surface area contributed by atoms with E-state index in [-0.39, 0.29) is 29.9 Å². The lowest BCUT2D eigenvalue weighted by Crippen LogP contribution is -2.38. The van der Waals surface area contributed by atoms with Gasteiger partial charge < -0.3 is 4.90 Å². The summed E-state index contributed by atoms with van der Waals surface area (Å²) in [6.07, 6.45) is 5.02. The van der Waals surface area contributed by atoms with E-state index in [1.807, 2.05) is 36.4 Å². The molecule has 23 heavy (non-hydrogen) atoms. The Hall–Kier alpha value is -2.14. The summed E-state index contributed by atoms with van der Waals surface area (Å²) in [5.41, 5.74) is 0.674. The zero-order valence-electron chi connectivity index (χ0n) is 12.1. The third-order valence-electron chi connectivity index (χ3n) is 5.13. The fraction of sp³-hybridized carbons (Fsp3) is 0.222. The number of imide groups is 1. The summed E-state index contributed by atoms with van der Waals surface area (Å²) < 4.78 is 0.957. The number of halogens is 1. The van der Waals surface area contributed by atoms with E-state index in [2.05, 4.69) is 28.1 Å². The van der Waals surface area contributed by atoms with Crippen molar-refractivity contribution >= 4 is 44.3 Å². The number of benzene rings is 2. The van der Waals surface area contributed by atoms with Gasteiger partial charge in [-0.1, -0.05) is 52.3 Å². The van der Waals surface area contributed by atoms with Crippen molar-refractivity contribution in [2.75, 3.05) is 4.90 Å². The molecule has 3 aliphatic rings. The number of fused-ring (bicyclic) bond motifs is 6. The molecule has 0 aromatic heterocycles. The molecule has 2 aromatic rings. The lowest BCUT2D eigenvalue weighted by molar-refractivity contribution is -0.119. The van der Waals surface area contributed by atoms with Crippen LogP contribution in [0.5, 0.6) is 0 Å². The first-order valence-corrected chi connectivity index (χ1v) is 8.48. The van der Waals surface area contributed by atoms with Crippen molar-refractivity contribution in [1.82, 2.24) is 4.90 Å². The summed E-state index contributed by atoms with van der Waals surface area (Å²) >= 11 is 3.54. The van der Waals surface area contributed by atoms with E-state index < -0.39 is 0 Å². The molecule has 0 saturated carbocycles. The molecule has 4 nitrogen and oxygen atoms in total. The van der Waals surface area contributed by atoms with Crippen LogP contribution in [-0.4, -0.2) is 28.9 Å². The molecule has 2 heterocycles. The first-order chi connectivity index (χ1) is 11.2. The second kappa shape index (κ2) is 4.45. The van der Waals surface area contributed by atoms with Crippen LogP contribution < -0.4 is 4.90 Å². The number of hydrogen-bond acceptors (Lipinski definition) is 2. The van der Waals surface area contributed by atoms with Crippen LogP contribution in [-0.2, 0) is 4.79 Å². The van der Waals surface area contributed by atoms with Gasteiger partial charge in [-0.05, 0) is 23.9 Å². The highest BCUT2D eigenvalue weighted by Gasteiger charge is 2.57. The maximum Gasteiger partial charge on any atom is 0.332 e. The van der Waals surface area contributed by atoms with Crippen molar-refractivity contribution in [3.8, 4) is 0 Å². The topological polar surface area (TPSA) is 40.6 Å². The molecule has 2 aliphatic heterocycles. The molecule has 5 rings (SSSR count). The Balaban J connectivity index is 1.68. The van der Waals surface area contributed by atoms with E-state index in [0.717, 1.165) is 21.7 Å². The molecule has 2 aromatic carbocycles. The van der Waals surface area contributed by atoms with Gasteiger partial charge in [-0.3, -0.25) is 4.79 Å². The van der Waals surface area contributed by atoms with Gasteiger partial charge in [0.05, 0.1) is 11.7 Å². The van der Waals surface area contributed by atoms with Gasteiger partial charge in [0.1, 0.15) is 6.04 Å². The molecule has 0 spiro atoms. The second-order valence-corrected chi connectivity index (χ2v) is 7.13. The van der Waals surface area contributed by atoms with Gasteiger partial charge in [0.2, 0.25) is 0 Å². The molecule has 0 radical (unpaired) electrons. The van der Waals surface area contributed by atoms with Crippen LogP contribution in [0.25, 0.3) is 10.8 Å². The molecule has 5 heteroatoms. The number of rotatable bonds is 1. The van der Waals surface area contributed by atoms with Crippen LogP contribution in [0.4, 0.5) is 10.5 Å². The van der Waals surface area contributed by atoms with Gasteiger partial charge >= 0.3 is 6.03 Å². The number of hydrogen-bond donors (Lipinski definition) is 0. The first-order valence-electron chi connectivity index (χ1n) is 7.68. The normalized spacial score (nSPS) is 28.3. The third-order valence-corrected chi connectivity index (χ3v) is 5.82. The van der Waals surface area contributed by atoms with Crippen LogP contribution in [0.2, 0.25) is 0 Å². The van der Waals surface area contributed by atoms with Gasteiger partial charge in [-0.2, -0.15) is 0 Å². The molecular weight excluding hydrogens is 356 g/mol. The molecule has 2 saturated heterocycles. The fourth-order valence-corrected chi connectivity index (χ4v) is 4.61. The third kappa shape index (κ3) is 1.60. The predicted octanol–water partition coefficient (Wildman–Crippen LogP) is 3.70. The monoisotopic (exact) mass is 368 g/mol. The highest BCUT2D eigenvalue weighted by molar-refractivity contribution is 9.10. The quantitative estimate of drug-likeness (QED) is 0.568. The minimum atomic E-state index is -0.320. The second-order valence-electron chi connectivity index (χ2n) is 6.27. The van der Waals surface area contributed by atoms with Gasteiger partial charge in [0.25, 0.3) is 5.91 Å². The van der Waals surface area contributed by atoms with E-state index in [9.17, 15) is 9.59 Å². The van der Waals surface area contributed by atoms with E-state index >= 15 is 0 Å². The Morgan fingerprint density at radius 3 is 2.57 bits per heavy atom. The Labute approximate surface area is 141 Å². The summed E-state index contributed by atoms with van der Waals surface area (Å²) in [6, 6.07) is 11.1. The largest absolute Gasteiger partial charge is 0.332 e. The molecule has 2 bridgehead atoms. The molecule has 114 valence electrons. The number of nitrogens with zero attached hydrogens (tertiary/aromatic N) is 2. The molecular formula is C18H13BrN2O2. The SMILES string of the molecule is O=C1[C@@H]2[C@@H]3C=C[C@@H](C3)N2C(=O)N1c1ccc(Br)c2ccccc12. The molecule has 3 atom stereocenters. The maximum atomic E-state index is 12.9. The Kier molecular flexibility index (Phi) is 2.57. The highest BCUT2D eigenvalue weighted by atomic mass is 79.9. The van der Waals surface area contributed by atoms with Crippen LogP contribution in [0.1, 0.15) is 6.42 Å².